The van der Waals surface area contributed by atoms with Crippen molar-refractivity contribution < 1.29 is 30.5 Å². The number of rotatable bonds is 4. The molecular weight excluding hydrogens is 409 g/mol. The highest BCUT2D eigenvalue weighted by atomic mass is 35.5. The summed E-state index contributed by atoms with van der Waals surface area (Å²) < 4.78 is 69.2. The summed E-state index contributed by atoms with van der Waals surface area (Å²) >= 11 is 6.17. The molecule has 0 spiro atoms. The van der Waals surface area contributed by atoms with Crippen LogP contribution in [-0.2, 0) is 19.0 Å². The number of hydrogen-bond donors (Lipinski definition) is 0. The van der Waals surface area contributed by atoms with Crippen LogP contribution in [-0.4, -0.2) is 50.8 Å². The summed E-state index contributed by atoms with van der Waals surface area (Å²) in [4.78, 5) is 6.14. The first-order valence-corrected chi connectivity index (χ1v) is 9.76. The number of benzene rings is 1. The number of halogens is 4. The molecule has 0 aliphatic carbocycles. The van der Waals surface area contributed by atoms with Crippen LogP contribution in [0.5, 0.6) is 0 Å². The van der Waals surface area contributed by atoms with Gasteiger partial charge in [0.15, 0.2) is 0 Å². The summed E-state index contributed by atoms with van der Waals surface area (Å²) in [6.07, 6.45) is 0.412. The number of ether oxygens (including phenoxy) is 1. The van der Waals surface area contributed by atoms with Crippen molar-refractivity contribution in [3.8, 4) is 0 Å². The molecular formula is C16H16ClF3N2O4S. The first-order chi connectivity index (χ1) is 12.6. The molecule has 2 heterocycles. The molecule has 0 unspecified atom stereocenters. The molecule has 0 amide bonds. The van der Waals surface area contributed by atoms with Crippen LogP contribution in [0.4, 0.5) is 18.9 Å². The quantitative estimate of drug-likeness (QED) is 0.554. The summed E-state index contributed by atoms with van der Waals surface area (Å²) in [6, 6.07) is 7.06. The van der Waals surface area contributed by atoms with Crippen molar-refractivity contribution in [1.29, 1.82) is 0 Å². The zero-order valence-electron chi connectivity index (χ0n) is 14.1. The summed E-state index contributed by atoms with van der Waals surface area (Å²) in [7, 11) is -5.66. The zero-order chi connectivity index (χ0) is 19.8. The van der Waals surface area contributed by atoms with Gasteiger partial charge in [0.25, 0.3) is 0 Å². The van der Waals surface area contributed by atoms with Crippen molar-refractivity contribution in [3.05, 3.63) is 35.5 Å². The molecule has 11 heteroatoms. The second kappa shape index (κ2) is 7.42. The Morgan fingerprint density at radius 2 is 2.07 bits per heavy atom. The smallest absolute Gasteiger partial charge is 0.369 e. The van der Waals surface area contributed by atoms with Crippen LogP contribution >= 0.6 is 11.6 Å². The van der Waals surface area contributed by atoms with E-state index < -0.39 is 28.3 Å². The number of hydrogen-bond acceptors (Lipinski definition) is 6. The third-order valence-corrected chi connectivity index (χ3v) is 5.38. The zero-order valence-corrected chi connectivity index (χ0v) is 15.7. The minimum Gasteiger partial charge on any atom is -0.369 e. The monoisotopic (exact) mass is 424 g/mol. The van der Waals surface area contributed by atoms with Gasteiger partial charge in [-0.3, -0.25) is 9.17 Å². The lowest BCUT2D eigenvalue weighted by atomic mass is 10.1. The fourth-order valence-electron chi connectivity index (χ4n) is 2.97. The number of aromatic nitrogens is 1. The first-order valence-electron chi connectivity index (χ1n) is 7.98. The molecule has 0 bridgehead atoms. The molecule has 2 atom stereocenters. The van der Waals surface area contributed by atoms with Gasteiger partial charge in [-0.1, -0.05) is 11.6 Å². The maximum Gasteiger partial charge on any atom is 0.523 e. The number of morpholine rings is 1. The molecule has 0 saturated carbocycles. The van der Waals surface area contributed by atoms with Crippen molar-refractivity contribution >= 4 is 38.3 Å². The summed E-state index contributed by atoms with van der Waals surface area (Å²) in [6.45, 7) is 1.64. The van der Waals surface area contributed by atoms with Crippen LogP contribution in [0.25, 0.3) is 10.9 Å². The average Bonchev–Trinajstić information content (AvgIpc) is 2.59. The van der Waals surface area contributed by atoms with E-state index in [9.17, 15) is 21.6 Å². The number of fused-ring (bicyclic) bond motifs is 1. The van der Waals surface area contributed by atoms with E-state index in [1.54, 1.807) is 31.3 Å². The second-order valence-corrected chi connectivity index (χ2v) is 8.14. The summed E-state index contributed by atoms with van der Waals surface area (Å²) in [5.41, 5.74) is -4.09. The lowest BCUT2D eigenvalue weighted by Crippen LogP contribution is -2.49. The van der Waals surface area contributed by atoms with Crippen LogP contribution in [0.2, 0.25) is 5.02 Å². The molecule has 1 saturated heterocycles. The largest absolute Gasteiger partial charge is 0.523 e. The summed E-state index contributed by atoms with van der Waals surface area (Å²) in [5.74, 6) is 0. The molecule has 2 aromatic rings. The molecule has 1 aliphatic heterocycles. The SMILES string of the molecule is C[C@@H]1CN(c2ccc(Cl)c3ncccc23)C[C@H](COS(=O)(=O)C(F)(F)F)O1. The first kappa shape index (κ1) is 20.1. The Labute approximate surface area is 159 Å². The van der Waals surface area contributed by atoms with E-state index in [1.807, 2.05) is 11.0 Å². The van der Waals surface area contributed by atoms with E-state index >= 15 is 0 Å². The normalized spacial score (nSPS) is 21.6. The molecule has 3 rings (SSSR count). The van der Waals surface area contributed by atoms with E-state index in [1.165, 1.54) is 0 Å². The van der Waals surface area contributed by atoms with Crippen molar-refractivity contribution in [2.24, 2.45) is 0 Å². The third kappa shape index (κ3) is 4.29. The topological polar surface area (TPSA) is 68.7 Å². The lowest BCUT2D eigenvalue weighted by Gasteiger charge is -2.38. The predicted molar refractivity (Wildman–Crippen MR) is 94.2 cm³/mol. The molecule has 1 fully saturated rings. The lowest BCUT2D eigenvalue weighted by molar-refractivity contribution is -0.0656. The molecule has 1 aromatic carbocycles. The maximum atomic E-state index is 12.4. The molecule has 1 aromatic heterocycles. The van der Waals surface area contributed by atoms with Gasteiger partial charge in [-0.25, -0.2) is 0 Å². The van der Waals surface area contributed by atoms with Crippen LogP contribution in [0.1, 0.15) is 6.92 Å². The Bertz CT molecular complexity index is 939. The van der Waals surface area contributed by atoms with E-state index in [4.69, 9.17) is 16.3 Å². The molecule has 27 heavy (non-hydrogen) atoms. The van der Waals surface area contributed by atoms with Gasteiger partial charge < -0.3 is 9.64 Å². The van der Waals surface area contributed by atoms with Crippen molar-refractivity contribution in [1.82, 2.24) is 4.98 Å². The minimum absolute atomic E-state index is 0.156. The molecule has 0 N–H and O–H groups in total. The Morgan fingerprint density at radius 1 is 1.33 bits per heavy atom. The fourth-order valence-corrected chi connectivity index (χ4v) is 3.64. The van der Waals surface area contributed by atoms with Gasteiger partial charge in [0, 0.05) is 30.4 Å². The number of alkyl halides is 3. The second-order valence-electron chi connectivity index (χ2n) is 6.12. The van der Waals surface area contributed by atoms with Gasteiger partial charge in [0.05, 0.1) is 23.3 Å². The highest BCUT2D eigenvalue weighted by Crippen LogP contribution is 2.32. The van der Waals surface area contributed by atoms with E-state index in [2.05, 4.69) is 9.17 Å². The van der Waals surface area contributed by atoms with Crippen LogP contribution in [0.3, 0.4) is 0 Å². The molecule has 1 aliphatic rings. The Balaban J connectivity index is 1.82. The molecule has 6 nitrogen and oxygen atoms in total. The number of pyridine rings is 1. The van der Waals surface area contributed by atoms with Gasteiger partial charge in [-0.15, -0.1) is 0 Å². The van der Waals surface area contributed by atoms with Gasteiger partial charge in [0.2, 0.25) is 0 Å². The molecule has 0 radical (unpaired) electrons. The van der Waals surface area contributed by atoms with E-state index in [-0.39, 0.29) is 12.6 Å². The van der Waals surface area contributed by atoms with Crippen molar-refractivity contribution in [2.75, 3.05) is 24.6 Å². The van der Waals surface area contributed by atoms with Crippen LogP contribution in [0, 0.1) is 0 Å². The van der Waals surface area contributed by atoms with Gasteiger partial charge in [-0.05, 0) is 31.2 Å². The van der Waals surface area contributed by atoms with E-state index in [0.29, 0.717) is 17.1 Å². The number of anilines is 1. The fraction of sp³-hybridized carbons (Fsp3) is 0.438. The highest BCUT2D eigenvalue weighted by Gasteiger charge is 2.47. The standard InChI is InChI=1S/C16H16ClF3N2O4S/c1-10-7-22(8-11(26-10)9-25-27(23,24)16(18,19)20)14-5-4-13(17)15-12(14)3-2-6-21-15/h2-6,10-11H,7-9H2,1H3/t10-,11-/m1/s1. The summed E-state index contributed by atoms with van der Waals surface area (Å²) in [5, 5.41) is 1.26. The Kier molecular flexibility index (Phi) is 5.53. The van der Waals surface area contributed by atoms with E-state index in [0.717, 1.165) is 11.1 Å². The molecule has 148 valence electrons. The third-order valence-electron chi connectivity index (χ3n) is 4.06. The van der Waals surface area contributed by atoms with Crippen molar-refractivity contribution in [2.45, 2.75) is 24.6 Å². The predicted octanol–water partition coefficient (Wildman–Crippen LogP) is 3.35. The number of nitrogens with zero attached hydrogens (tertiary/aromatic N) is 2. The Hall–Kier alpha value is -1.62. The average molecular weight is 425 g/mol. The van der Waals surface area contributed by atoms with Crippen molar-refractivity contribution in [3.63, 3.8) is 0 Å². The maximum absolute atomic E-state index is 12.4. The van der Waals surface area contributed by atoms with Gasteiger partial charge in [-0.2, -0.15) is 21.6 Å². The highest BCUT2D eigenvalue weighted by molar-refractivity contribution is 7.87. The van der Waals surface area contributed by atoms with Gasteiger partial charge >= 0.3 is 15.6 Å². The Morgan fingerprint density at radius 3 is 2.78 bits per heavy atom. The van der Waals surface area contributed by atoms with Gasteiger partial charge in [0.1, 0.15) is 6.10 Å². The van der Waals surface area contributed by atoms with Crippen LogP contribution < -0.4 is 4.90 Å². The minimum atomic E-state index is -5.66. The van der Waals surface area contributed by atoms with Crippen LogP contribution in [0.15, 0.2) is 30.5 Å².